The summed E-state index contributed by atoms with van der Waals surface area (Å²) < 4.78 is 4.96. The average molecular weight is 364 g/mol. The van der Waals surface area contributed by atoms with Crippen molar-refractivity contribution in [2.24, 2.45) is 0 Å². The Morgan fingerprint density at radius 1 is 1.04 bits per heavy atom. The Morgan fingerprint density at radius 2 is 1.63 bits per heavy atom. The number of amides is 1. The van der Waals surface area contributed by atoms with Crippen molar-refractivity contribution in [1.82, 2.24) is 5.32 Å². The van der Waals surface area contributed by atoms with E-state index in [0.29, 0.717) is 16.7 Å². The summed E-state index contributed by atoms with van der Waals surface area (Å²) in [5.41, 5.74) is -0.139. The summed E-state index contributed by atoms with van der Waals surface area (Å²) in [5, 5.41) is 12.0. The third-order valence-electron chi connectivity index (χ3n) is 3.93. The maximum Gasteiger partial charge on any atom is 0.347 e. The molecule has 0 saturated carbocycles. The Bertz CT molecular complexity index is 869. The second-order valence-corrected chi connectivity index (χ2v) is 5.99. The first kappa shape index (κ1) is 19.9. The minimum absolute atomic E-state index is 0.0677. The van der Waals surface area contributed by atoms with Gasteiger partial charge in [0, 0.05) is 24.5 Å². The number of nitrogens with zero attached hydrogens (tertiary/aromatic N) is 1. The third-order valence-corrected chi connectivity index (χ3v) is 3.93. The maximum absolute atomic E-state index is 12.5. The summed E-state index contributed by atoms with van der Waals surface area (Å²) >= 11 is 0. The van der Waals surface area contributed by atoms with Gasteiger partial charge in [0.05, 0.1) is 6.61 Å². The Kier molecular flexibility index (Phi) is 6.45. The van der Waals surface area contributed by atoms with Crippen LogP contribution in [0.25, 0.3) is 0 Å². The number of hydrogen-bond acceptors (Lipinski definition) is 5. The Morgan fingerprint density at radius 3 is 2.15 bits per heavy atom. The molecule has 0 heterocycles. The van der Waals surface area contributed by atoms with Gasteiger partial charge in [-0.05, 0) is 12.5 Å². The minimum atomic E-state index is -1.81. The van der Waals surface area contributed by atoms with Crippen molar-refractivity contribution in [1.29, 1.82) is 5.26 Å². The number of rotatable bonds is 7. The highest BCUT2D eigenvalue weighted by molar-refractivity contribution is 6.08. The molecule has 0 fully saturated rings. The molecule has 27 heavy (non-hydrogen) atoms. The van der Waals surface area contributed by atoms with Gasteiger partial charge in [0.25, 0.3) is 0 Å². The summed E-state index contributed by atoms with van der Waals surface area (Å²) in [7, 11) is 0. The van der Waals surface area contributed by atoms with Crippen LogP contribution in [0.3, 0.4) is 0 Å². The normalized spacial score (nSPS) is 12.3. The summed E-state index contributed by atoms with van der Waals surface area (Å²) in [4.78, 5) is 36.2. The standard InChI is InChI=1S/C21H20N2O4/c1-3-27-20(26)21(14-22,23-15(2)24)13-16-9-11-18(12-10-16)19(25)17-7-5-4-6-8-17/h4-12H,3,13H2,1-2H3,(H,23,24). The molecule has 6 nitrogen and oxygen atoms in total. The van der Waals surface area contributed by atoms with Gasteiger partial charge in [0.1, 0.15) is 6.07 Å². The van der Waals surface area contributed by atoms with Crippen molar-refractivity contribution < 1.29 is 19.1 Å². The summed E-state index contributed by atoms with van der Waals surface area (Å²) in [6.07, 6.45) is -0.0677. The molecule has 0 aliphatic carbocycles. The Balaban J connectivity index is 2.26. The van der Waals surface area contributed by atoms with Crippen molar-refractivity contribution in [3.8, 4) is 6.07 Å². The zero-order valence-corrected chi connectivity index (χ0v) is 15.2. The third kappa shape index (κ3) is 4.79. The molecule has 138 valence electrons. The van der Waals surface area contributed by atoms with Gasteiger partial charge < -0.3 is 10.1 Å². The molecule has 2 aromatic carbocycles. The Hall–Kier alpha value is -3.46. The summed E-state index contributed by atoms with van der Waals surface area (Å²) in [5.74, 6) is -1.45. The molecule has 0 spiro atoms. The molecule has 0 radical (unpaired) electrons. The van der Waals surface area contributed by atoms with Crippen molar-refractivity contribution in [2.45, 2.75) is 25.8 Å². The van der Waals surface area contributed by atoms with Crippen LogP contribution in [0.2, 0.25) is 0 Å². The van der Waals surface area contributed by atoms with Crippen molar-refractivity contribution in [3.05, 3.63) is 71.3 Å². The lowest BCUT2D eigenvalue weighted by Gasteiger charge is -2.25. The van der Waals surface area contributed by atoms with Crippen molar-refractivity contribution in [3.63, 3.8) is 0 Å². The SMILES string of the molecule is CCOC(=O)C(C#N)(Cc1ccc(C(=O)c2ccccc2)cc1)NC(C)=O. The molecule has 2 rings (SSSR count). The fourth-order valence-corrected chi connectivity index (χ4v) is 2.67. The van der Waals surface area contributed by atoms with Gasteiger partial charge in [-0.25, -0.2) is 4.79 Å². The predicted molar refractivity (Wildman–Crippen MR) is 98.8 cm³/mol. The molecule has 0 aliphatic heterocycles. The smallest absolute Gasteiger partial charge is 0.347 e. The van der Waals surface area contributed by atoms with E-state index < -0.39 is 17.4 Å². The van der Waals surface area contributed by atoms with E-state index in [1.807, 2.05) is 12.1 Å². The zero-order chi connectivity index (χ0) is 19.9. The van der Waals surface area contributed by atoms with Crippen molar-refractivity contribution in [2.75, 3.05) is 6.61 Å². The number of carbonyl (C=O) groups is 3. The lowest BCUT2D eigenvalue weighted by atomic mass is 9.91. The van der Waals surface area contributed by atoms with Gasteiger partial charge in [0.2, 0.25) is 11.4 Å². The van der Waals surface area contributed by atoms with Crippen LogP contribution in [0, 0.1) is 11.3 Å². The molecular formula is C21H20N2O4. The highest BCUT2D eigenvalue weighted by Gasteiger charge is 2.41. The van der Waals surface area contributed by atoms with Gasteiger partial charge in [0.15, 0.2) is 5.78 Å². The van der Waals surface area contributed by atoms with E-state index in [1.54, 1.807) is 55.5 Å². The first-order chi connectivity index (χ1) is 12.9. The van der Waals surface area contributed by atoms with Gasteiger partial charge in [-0.15, -0.1) is 0 Å². The van der Waals surface area contributed by atoms with E-state index in [0.717, 1.165) is 0 Å². The van der Waals surface area contributed by atoms with Crippen molar-refractivity contribution >= 4 is 17.7 Å². The number of ether oxygens (including phenoxy) is 1. The number of nitriles is 1. The zero-order valence-electron chi connectivity index (χ0n) is 15.2. The second-order valence-electron chi connectivity index (χ2n) is 5.99. The van der Waals surface area contributed by atoms with Crippen LogP contribution in [0.4, 0.5) is 0 Å². The van der Waals surface area contributed by atoms with Crippen LogP contribution < -0.4 is 5.32 Å². The number of ketones is 1. The maximum atomic E-state index is 12.5. The number of benzene rings is 2. The largest absolute Gasteiger partial charge is 0.463 e. The van der Waals surface area contributed by atoms with E-state index in [-0.39, 0.29) is 18.8 Å². The highest BCUT2D eigenvalue weighted by Crippen LogP contribution is 2.18. The fourth-order valence-electron chi connectivity index (χ4n) is 2.67. The average Bonchev–Trinajstić information content (AvgIpc) is 2.68. The molecule has 0 aliphatic rings. The number of carbonyl (C=O) groups excluding carboxylic acids is 3. The molecule has 1 unspecified atom stereocenters. The molecule has 0 aromatic heterocycles. The monoisotopic (exact) mass is 364 g/mol. The van der Waals surface area contributed by atoms with Gasteiger partial charge in [-0.2, -0.15) is 5.26 Å². The Labute approximate surface area is 157 Å². The van der Waals surface area contributed by atoms with E-state index in [9.17, 15) is 19.6 Å². The lowest BCUT2D eigenvalue weighted by Crippen LogP contribution is -2.55. The van der Waals surface area contributed by atoms with Crippen LogP contribution in [0.1, 0.15) is 35.3 Å². The number of nitrogens with one attached hydrogen (secondary N) is 1. The molecule has 0 saturated heterocycles. The molecule has 0 bridgehead atoms. The second kappa shape index (κ2) is 8.77. The molecular weight excluding hydrogens is 344 g/mol. The van der Waals surface area contributed by atoms with E-state index in [4.69, 9.17) is 4.74 Å². The van der Waals surface area contributed by atoms with Gasteiger partial charge in [-0.1, -0.05) is 54.6 Å². The van der Waals surface area contributed by atoms with E-state index >= 15 is 0 Å². The van der Waals surface area contributed by atoms with Crippen LogP contribution in [0.5, 0.6) is 0 Å². The lowest BCUT2D eigenvalue weighted by molar-refractivity contribution is -0.150. The minimum Gasteiger partial charge on any atom is -0.463 e. The topological polar surface area (TPSA) is 96.3 Å². The van der Waals surface area contributed by atoms with Crippen LogP contribution in [0.15, 0.2) is 54.6 Å². The first-order valence-corrected chi connectivity index (χ1v) is 8.48. The summed E-state index contributed by atoms with van der Waals surface area (Å²) in [6.45, 7) is 2.94. The van der Waals surface area contributed by atoms with Gasteiger partial charge >= 0.3 is 5.97 Å². The predicted octanol–water partition coefficient (Wildman–Crippen LogP) is 2.42. The number of esters is 1. The highest BCUT2D eigenvalue weighted by atomic mass is 16.5. The molecule has 1 atom stereocenters. The fraction of sp³-hybridized carbons (Fsp3) is 0.238. The van der Waals surface area contributed by atoms with E-state index in [2.05, 4.69) is 5.32 Å². The van der Waals surface area contributed by atoms with Crippen LogP contribution in [-0.4, -0.2) is 29.8 Å². The molecule has 2 aromatic rings. The molecule has 1 N–H and O–H groups in total. The molecule has 1 amide bonds. The summed E-state index contributed by atoms with van der Waals surface area (Å²) in [6, 6.07) is 17.3. The first-order valence-electron chi connectivity index (χ1n) is 8.48. The quantitative estimate of drug-likeness (QED) is 0.601. The van der Waals surface area contributed by atoms with Gasteiger partial charge in [-0.3, -0.25) is 9.59 Å². The molecule has 6 heteroatoms. The number of hydrogen-bond donors (Lipinski definition) is 1. The van der Waals surface area contributed by atoms with Crippen LogP contribution in [-0.2, 0) is 20.7 Å². The van der Waals surface area contributed by atoms with E-state index in [1.165, 1.54) is 6.92 Å². The van der Waals surface area contributed by atoms with Crippen LogP contribution >= 0.6 is 0 Å².